The predicted octanol–water partition coefficient (Wildman–Crippen LogP) is 3.85. The second-order valence-corrected chi connectivity index (χ2v) is 6.95. The monoisotopic (exact) mass is 325 g/mol. The van der Waals surface area contributed by atoms with Crippen molar-refractivity contribution in [3.05, 3.63) is 57.2 Å². The highest BCUT2D eigenvalue weighted by Crippen LogP contribution is 2.29. The van der Waals surface area contributed by atoms with Gasteiger partial charge in [0.05, 0.1) is 4.91 Å². The van der Waals surface area contributed by atoms with Crippen LogP contribution in [0.5, 0.6) is 0 Å². The maximum absolute atomic E-state index is 11.8. The van der Waals surface area contributed by atoms with Crippen LogP contribution >= 0.6 is 11.8 Å². The maximum atomic E-state index is 11.8. The molecular formula is C18H19N3OS. The Morgan fingerprint density at radius 1 is 1.09 bits per heavy atom. The second kappa shape index (κ2) is 5.74. The molecule has 1 saturated heterocycles. The first-order valence-electron chi connectivity index (χ1n) is 7.42. The summed E-state index contributed by atoms with van der Waals surface area (Å²) in [5.74, 6) is -0.198. The van der Waals surface area contributed by atoms with Gasteiger partial charge in [-0.05, 0) is 80.4 Å². The summed E-state index contributed by atoms with van der Waals surface area (Å²) in [5, 5.41) is 10.2. The topological polar surface area (TPSA) is 57.9 Å². The molecule has 0 atom stereocenters. The molecule has 4 nitrogen and oxygen atoms in total. The number of carbonyl (C=O) groups excluding carboxylic acids is 1. The number of carbonyl (C=O) groups is 1. The highest BCUT2D eigenvalue weighted by Gasteiger charge is 2.23. The second-order valence-electron chi connectivity index (χ2n) is 5.90. The van der Waals surface area contributed by atoms with Gasteiger partial charge in [0.2, 0.25) is 0 Å². The first-order valence-corrected chi connectivity index (χ1v) is 8.24. The fourth-order valence-electron chi connectivity index (χ4n) is 2.99. The number of aryl methyl sites for hydroxylation is 3. The van der Waals surface area contributed by atoms with Crippen LogP contribution in [0, 0.1) is 33.1 Å². The largest absolute Gasteiger partial charge is 0.318 e. The number of rotatable bonds is 2. The number of amides is 1. The highest BCUT2D eigenvalue weighted by atomic mass is 32.2. The molecule has 1 aliphatic rings. The normalized spacial score (nSPS) is 16.3. The van der Waals surface area contributed by atoms with Crippen LogP contribution in [-0.2, 0) is 4.79 Å². The first kappa shape index (κ1) is 15.6. The Balaban J connectivity index is 2.08. The molecule has 1 aliphatic heterocycles. The molecule has 0 radical (unpaired) electrons. The maximum Gasteiger partial charge on any atom is 0.264 e. The number of hydrogen-bond acceptors (Lipinski definition) is 3. The van der Waals surface area contributed by atoms with E-state index in [1.165, 1.54) is 22.9 Å². The van der Waals surface area contributed by atoms with Crippen molar-refractivity contribution < 1.29 is 4.79 Å². The van der Waals surface area contributed by atoms with Gasteiger partial charge in [-0.2, -0.15) is 0 Å². The standard InChI is InChI=1S/C18H19N3OS/c1-10-5-11(2)7-15(6-10)21-12(3)8-14(13(21)4)9-16-17(22)20-18(19)23-16/h5-9H,1-4H3,(H2,19,20,22)/b16-9-. The number of nitrogens with zero attached hydrogens (tertiary/aromatic N) is 1. The summed E-state index contributed by atoms with van der Waals surface area (Å²) in [6.45, 7) is 8.31. The van der Waals surface area contributed by atoms with Gasteiger partial charge in [-0.1, -0.05) is 6.07 Å². The summed E-state index contributed by atoms with van der Waals surface area (Å²) < 4.78 is 2.20. The van der Waals surface area contributed by atoms with Gasteiger partial charge in [0.25, 0.3) is 5.91 Å². The number of benzene rings is 1. The van der Waals surface area contributed by atoms with Crippen LogP contribution in [0.4, 0.5) is 0 Å². The van der Waals surface area contributed by atoms with Gasteiger partial charge >= 0.3 is 0 Å². The smallest absolute Gasteiger partial charge is 0.264 e. The molecule has 2 heterocycles. The Morgan fingerprint density at radius 2 is 1.74 bits per heavy atom. The Bertz CT molecular complexity index is 841. The molecule has 1 aromatic carbocycles. The van der Waals surface area contributed by atoms with Crippen LogP contribution in [0.3, 0.4) is 0 Å². The average molecular weight is 325 g/mol. The lowest BCUT2D eigenvalue weighted by Crippen LogP contribution is -2.18. The summed E-state index contributed by atoms with van der Waals surface area (Å²) in [6, 6.07) is 8.56. The van der Waals surface area contributed by atoms with E-state index in [0.29, 0.717) is 4.91 Å². The molecule has 118 valence electrons. The van der Waals surface area contributed by atoms with Gasteiger partial charge in [-0.3, -0.25) is 10.2 Å². The van der Waals surface area contributed by atoms with Gasteiger partial charge in [0.1, 0.15) is 0 Å². The van der Waals surface area contributed by atoms with E-state index >= 15 is 0 Å². The van der Waals surface area contributed by atoms with Crippen molar-refractivity contribution in [2.45, 2.75) is 27.7 Å². The van der Waals surface area contributed by atoms with E-state index in [1.807, 2.05) is 6.08 Å². The molecule has 1 aromatic heterocycles. The third-order valence-corrected chi connectivity index (χ3v) is 4.71. The minimum absolute atomic E-state index is 0.185. The zero-order valence-electron chi connectivity index (χ0n) is 13.7. The summed E-state index contributed by atoms with van der Waals surface area (Å²) in [5.41, 5.74) is 6.82. The molecular weight excluding hydrogens is 306 g/mol. The quantitative estimate of drug-likeness (QED) is 0.824. The lowest BCUT2D eigenvalue weighted by Gasteiger charge is -2.12. The van der Waals surface area contributed by atoms with Crippen molar-refractivity contribution in [3.8, 4) is 5.69 Å². The Morgan fingerprint density at radius 3 is 2.30 bits per heavy atom. The number of nitrogens with one attached hydrogen (secondary N) is 2. The fourth-order valence-corrected chi connectivity index (χ4v) is 3.69. The van der Waals surface area contributed by atoms with Crippen LogP contribution in [0.25, 0.3) is 11.8 Å². The summed E-state index contributed by atoms with van der Waals surface area (Å²) in [4.78, 5) is 12.4. The molecule has 0 unspecified atom stereocenters. The van der Waals surface area contributed by atoms with Crippen LogP contribution in [0.1, 0.15) is 28.1 Å². The lowest BCUT2D eigenvalue weighted by molar-refractivity contribution is -0.115. The Hall–Kier alpha value is -2.27. The number of amidine groups is 1. The fraction of sp³-hybridized carbons (Fsp3) is 0.222. The van der Waals surface area contributed by atoms with Gasteiger partial charge in [0, 0.05) is 17.1 Å². The van der Waals surface area contributed by atoms with Crippen molar-refractivity contribution in [1.82, 2.24) is 9.88 Å². The third-order valence-electron chi connectivity index (χ3n) is 3.88. The molecule has 2 aromatic rings. The van der Waals surface area contributed by atoms with E-state index < -0.39 is 0 Å². The lowest BCUT2D eigenvalue weighted by atomic mass is 10.1. The number of aromatic nitrogens is 1. The summed E-state index contributed by atoms with van der Waals surface area (Å²) >= 11 is 1.17. The molecule has 23 heavy (non-hydrogen) atoms. The molecule has 0 aliphatic carbocycles. The molecule has 5 heteroatoms. The van der Waals surface area contributed by atoms with Gasteiger partial charge < -0.3 is 9.88 Å². The van der Waals surface area contributed by atoms with E-state index in [1.54, 1.807) is 0 Å². The SMILES string of the molecule is Cc1cc(C)cc(-n2c(C)cc(/C=C3\SC(=N)NC3=O)c2C)c1. The summed E-state index contributed by atoms with van der Waals surface area (Å²) in [6.07, 6.45) is 1.86. The highest BCUT2D eigenvalue weighted by molar-refractivity contribution is 8.18. The predicted molar refractivity (Wildman–Crippen MR) is 96.2 cm³/mol. The molecule has 3 rings (SSSR count). The Kier molecular flexibility index (Phi) is 3.90. The Labute approximate surface area is 140 Å². The van der Waals surface area contributed by atoms with Crippen molar-refractivity contribution >= 4 is 28.9 Å². The van der Waals surface area contributed by atoms with Crippen LogP contribution in [0.15, 0.2) is 29.2 Å². The van der Waals surface area contributed by atoms with Gasteiger partial charge in [-0.15, -0.1) is 0 Å². The minimum Gasteiger partial charge on any atom is -0.318 e. The van der Waals surface area contributed by atoms with E-state index in [-0.39, 0.29) is 11.1 Å². The van der Waals surface area contributed by atoms with Crippen LogP contribution in [-0.4, -0.2) is 15.6 Å². The molecule has 2 N–H and O–H groups in total. The molecule has 0 saturated carbocycles. The zero-order chi connectivity index (χ0) is 16.7. The van der Waals surface area contributed by atoms with Gasteiger partial charge in [0.15, 0.2) is 5.17 Å². The van der Waals surface area contributed by atoms with Crippen molar-refractivity contribution in [3.63, 3.8) is 0 Å². The molecule has 1 amide bonds. The van der Waals surface area contributed by atoms with E-state index in [0.717, 1.165) is 22.6 Å². The molecule has 0 spiro atoms. The zero-order valence-corrected chi connectivity index (χ0v) is 14.5. The third kappa shape index (κ3) is 2.97. The van der Waals surface area contributed by atoms with Crippen LogP contribution in [0.2, 0.25) is 0 Å². The van der Waals surface area contributed by atoms with Gasteiger partial charge in [-0.25, -0.2) is 0 Å². The number of thioether (sulfide) groups is 1. The minimum atomic E-state index is -0.198. The van der Waals surface area contributed by atoms with E-state index in [4.69, 9.17) is 5.41 Å². The van der Waals surface area contributed by atoms with Crippen molar-refractivity contribution in [2.24, 2.45) is 0 Å². The van der Waals surface area contributed by atoms with Crippen molar-refractivity contribution in [1.29, 1.82) is 5.41 Å². The van der Waals surface area contributed by atoms with E-state index in [9.17, 15) is 4.79 Å². The number of hydrogen-bond donors (Lipinski definition) is 2. The van der Waals surface area contributed by atoms with Crippen LogP contribution < -0.4 is 5.32 Å². The van der Waals surface area contributed by atoms with Crippen molar-refractivity contribution in [2.75, 3.05) is 0 Å². The average Bonchev–Trinajstić information content (AvgIpc) is 2.88. The molecule has 1 fully saturated rings. The first-order chi connectivity index (χ1) is 10.8. The molecule has 0 bridgehead atoms. The van der Waals surface area contributed by atoms with E-state index in [2.05, 4.69) is 61.8 Å². The summed E-state index contributed by atoms with van der Waals surface area (Å²) in [7, 11) is 0.